The molecule has 136 valence electrons. The first-order valence-corrected chi connectivity index (χ1v) is 9.85. The molecule has 1 aromatic rings. The van der Waals surface area contributed by atoms with Crippen LogP contribution in [0.2, 0.25) is 0 Å². The summed E-state index contributed by atoms with van der Waals surface area (Å²) in [5.41, 5.74) is 0.628. The molecule has 1 aliphatic rings. The molecule has 9 heteroatoms. The smallest absolute Gasteiger partial charge is 0.240 e. The summed E-state index contributed by atoms with van der Waals surface area (Å²) in [5.74, 6) is 0.136. The largest absolute Gasteiger partial charge is 0.338 e. The average Bonchev–Trinajstić information content (AvgIpc) is 2.76. The molecule has 1 fully saturated rings. The zero-order chi connectivity index (χ0) is 18.0. The van der Waals surface area contributed by atoms with Crippen molar-refractivity contribution in [2.45, 2.75) is 32.6 Å². The first kappa shape index (κ1) is 18.9. The van der Waals surface area contributed by atoms with Gasteiger partial charge in [0.1, 0.15) is 0 Å². The van der Waals surface area contributed by atoms with Crippen molar-refractivity contribution in [3.05, 3.63) is 11.8 Å². The van der Waals surface area contributed by atoms with Crippen LogP contribution < -0.4 is 5.32 Å². The Morgan fingerprint density at radius 3 is 2.58 bits per heavy atom. The summed E-state index contributed by atoms with van der Waals surface area (Å²) in [6.45, 7) is 8.36. The summed E-state index contributed by atoms with van der Waals surface area (Å²) in [4.78, 5) is 14.1. The summed E-state index contributed by atoms with van der Waals surface area (Å²) < 4.78 is 29.8. The number of sulfonamides is 1. The van der Waals surface area contributed by atoms with Gasteiger partial charge in [-0.15, -0.1) is 0 Å². The van der Waals surface area contributed by atoms with Crippen LogP contribution in [0.15, 0.2) is 10.6 Å². The standard InChI is InChI=1S/C15H26N4O4S/c1-15(2,3)12-10-14(23-17-12)16-13(20)11-18-6-5-7-19(9-8-18)24(4,21)22/h10H,5-9,11H2,1-4H3,(H,16,20). The molecule has 0 aromatic carbocycles. The zero-order valence-corrected chi connectivity index (χ0v) is 15.5. The lowest BCUT2D eigenvalue weighted by atomic mass is 9.92. The van der Waals surface area contributed by atoms with Gasteiger partial charge >= 0.3 is 0 Å². The fourth-order valence-corrected chi connectivity index (χ4v) is 3.38. The van der Waals surface area contributed by atoms with Crippen molar-refractivity contribution in [3.63, 3.8) is 0 Å². The number of rotatable bonds is 4. The van der Waals surface area contributed by atoms with E-state index >= 15 is 0 Å². The SMILES string of the molecule is CC(C)(C)c1cc(NC(=O)CN2CCCN(S(C)(=O)=O)CC2)on1. The van der Waals surface area contributed by atoms with Crippen LogP contribution in [0.4, 0.5) is 5.88 Å². The second-order valence-electron chi connectivity index (χ2n) is 7.17. The lowest BCUT2D eigenvalue weighted by Crippen LogP contribution is -2.37. The van der Waals surface area contributed by atoms with E-state index in [9.17, 15) is 13.2 Å². The van der Waals surface area contributed by atoms with Crippen LogP contribution in [-0.2, 0) is 20.2 Å². The van der Waals surface area contributed by atoms with Crippen LogP contribution in [0.25, 0.3) is 0 Å². The van der Waals surface area contributed by atoms with Gasteiger partial charge in [0.05, 0.1) is 18.5 Å². The van der Waals surface area contributed by atoms with E-state index < -0.39 is 10.0 Å². The molecule has 1 amide bonds. The van der Waals surface area contributed by atoms with E-state index in [2.05, 4.69) is 10.5 Å². The van der Waals surface area contributed by atoms with Crippen LogP contribution in [0, 0.1) is 0 Å². The average molecular weight is 358 g/mol. The number of carbonyl (C=O) groups excluding carboxylic acids is 1. The highest BCUT2D eigenvalue weighted by molar-refractivity contribution is 7.88. The van der Waals surface area contributed by atoms with Crippen LogP contribution in [0.5, 0.6) is 0 Å². The molecule has 0 bridgehead atoms. The van der Waals surface area contributed by atoms with Crippen LogP contribution in [-0.4, -0.2) is 67.7 Å². The third-order valence-corrected chi connectivity index (χ3v) is 5.23. The topological polar surface area (TPSA) is 95.8 Å². The monoisotopic (exact) mass is 358 g/mol. The maximum absolute atomic E-state index is 12.2. The molecule has 2 heterocycles. The van der Waals surface area contributed by atoms with Crippen molar-refractivity contribution >= 4 is 21.8 Å². The minimum Gasteiger partial charge on any atom is -0.338 e. The molecule has 1 saturated heterocycles. The highest BCUT2D eigenvalue weighted by Crippen LogP contribution is 2.23. The predicted octanol–water partition coefficient (Wildman–Crippen LogP) is 0.878. The first-order valence-electron chi connectivity index (χ1n) is 8.00. The van der Waals surface area contributed by atoms with Crippen LogP contribution in [0.1, 0.15) is 32.9 Å². The van der Waals surface area contributed by atoms with E-state index in [1.165, 1.54) is 10.6 Å². The fourth-order valence-electron chi connectivity index (χ4n) is 2.50. The maximum Gasteiger partial charge on any atom is 0.240 e. The van der Waals surface area contributed by atoms with E-state index in [0.29, 0.717) is 38.5 Å². The van der Waals surface area contributed by atoms with Gasteiger partial charge in [-0.25, -0.2) is 12.7 Å². The van der Waals surface area contributed by atoms with Crippen molar-refractivity contribution in [3.8, 4) is 0 Å². The molecule has 8 nitrogen and oxygen atoms in total. The first-order chi connectivity index (χ1) is 11.1. The van der Waals surface area contributed by atoms with Gasteiger partial charge in [0.2, 0.25) is 21.8 Å². The molecular weight excluding hydrogens is 332 g/mol. The zero-order valence-electron chi connectivity index (χ0n) is 14.7. The highest BCUT2D eigenvalue weighted by Gasteiger charge is 2.23. The van der Waals surface area contributed by atoms with Crippen molar-refractivity contribution in [1.29, 1.82) is 0 Å². The third kappa shape index (κ3) is 5.29. The van der Waals surface area contributed by atoms with Gasteiger partial charge in [-0.2, -0.15) is 0 Å². The van der Waals surface area contributed by atoms with E-state index in [1.807, 2.05) is 25.7 Å². The summed E-state index contributed by atoms with van der Waals surface area (Å²) in [5, 5.41) is 6.66. The number of nitrogens with zero attached hydrogens (tertiary/aromatic N) is 3. The molecule has 24 heavy (non-hydrogen) atoms. The van der Waals surface area contributed by atoms with Crippen molar-refractivity contribution in [2.24, 2.45) is 0 Å². The number of nitrogens with one attached hydrogen (secondary N) is 1. The summed E-state index contributed by atoms with van der Waals surface area (Å²) in [6, 6.07) is 1.73. The lowest BCUT2D eigenvalue weighted by Gasteiger charge is -2.19. The second-order valence-corrected chi connectivity index (χ2v) is 9.15. The Hall–Kier alpha value is -1.45. The number of carbonyl (C=O) groups is 1. The van der Waals surface area contributed by atoms with Crippen molar-refractivity contribution < 1.29 is 17.7 Å². The van der Waals surface area contributed by atoms with Gasteiger partial charge in [-0.05, 0) is 13.0 Å². The molecule has 0 aliphatic carbocycles. The van der Waals surface area contributed by atoms with Gasteiger partial charge in [-0.1, -0.05) is 25.9 Å². The van der Waals surface area contributed by atoms with Crippen molar-refractivity contribution in [1.82, 2.24) is 14.4 Å². The Morgan fingerprint density at radius 2 is 2.00 bits per heavy atom. The van der Waals surface area contributed by atoms with Gasteiger partial charge in [0.15, 0.2) is 0 Å². The summed E-state index contributed by atoms with van der Waals surface area (Å²) >= 11 is 0. The minimum atomic E-state index is -3.18. The number of hydrogen-bond acceptors (Lipinski definition) is 6. The van der Waals surface area contributed by atoms with E-state index in [-0.39, 0.29) is 17.9 Å². The van der Waals surface area contributed by atoms with Crippen LogP contribution >= 0.6 is 0 Å². The van der Waals surface area contributed by atoms with Gasteiger partial charge in [0, 0.05) is 31.1 Å². The van der Waals surface area contributed by atoms with E-state index in [0.717, 1.165) is 5.69 Å². The van der Waals surface area contributed by atoms with Gasteiger partial charge < -0.3 is 4.52 Å². The summed E-state index contributed by atoms with van der Waals surface area (Å²) in [7, 11) is -3.18. The van der Waals surface area contributed by atoms with Gasteiger partial charge in [-0.3, -0.25) is 15.0 Å². The minimum absolute atomic E-state index is 0.146. The Bertz CT molecular complexity index is 678. The molecule has 1 aliphatic heterocycles. The number of aromatic nitrogens is 1. The van der Waals surface area contributed by atoms with Crippen LogP contribution in [0.3, 0.4) is 0 Å². The predicted molar refractivity (Wildman–Crippen MR) is 91.3 cm³/mol. The van der Waals surface area contributed by atoms with Crippen molar-refractivity contribution in [2.75, 3.05) is 44.3 Å². The summed E-state index contributed by atoms with van der Waals surface area (Å²) in [6.07, 6.45) is 1.92. The molecule has 1 N–H and O–H groups in total. The molecule has 0 radical (unpaired) electrons. The molecular formula is C15H26N4O4S. The van der Waals surface area contributed by atoms with E-state index in [4.69, 9.17) is 4.52 Å². The normalized spacial score (nSPS) is 18.3. The highest BCUT2D eigenvalue weighted by atomic mass is 32.2. The quantitative estimate of drug-likeness (QED) is 0.858. The molecule has 2 rings (SSSR count). The Labute approximate surface area is 143 Å². The second kappa shape index (κ2) is 7.20. The molecule has 0 atom stereocenters. The number of anilines is 1. The van der Waals surface area contributed by atoms with Gasteiger partial charge in [0.25, 0.3) is 0 Å². The Morgan fingerprint density at radius 1 is 1.29 bits per heavy atom. The fraction of sp³-hybridized carbons (Fsp3) is 0.733. The maximum atomic E-state index is 12.2. The number of amides is 1. The lowest BCUT2D eigenvalue weighted by molar-refractivity contribution is -0.117. The Kier molecular flexibility index (Phi) is 5.67. The molecule has 0 spiro atoms. The molecule has 0 saturated carbocycles. The number of hydrogen-bond donors (Lipinski definition) is 1. The molecule has 0 unspecified atom stereocenters. The molecule has 1 aromatic heterocycles. The third-order valence-electron chi connectivity index (χ3n) is 3.92. The van der Waals surface area contributed by atoms with E-state index in [1.54, 1.807) is 6.07 Å². The Balaban J connectivity index is 1.87.